The van der Waals surface area contributed by atoms with E-state index in [0.717, 1.165) is 25.7 Å². The molecule has 31 heavy (non-hydrogen) atoms. The van der Waals surface area contributed by atoms with E-state index in [1.807, 2.05) is 0 Å². The van der Waals surface area contributed by atoms with Gasteiger partial charge in [-0.05, 0) is 36.5 Å². The van der Waals surface area contributed by atoms with Crippen LogP contribution in [-0.4, -0.2) is 63.6 Å². The molecule has 2 unspecified atom stereocenters. The second-order valence-electron chi connectivity index (χ2n) is 10.1. The predicted molar refractivity (Wildman–Crippen MR) is 124 cm³/mol. The van der Waals surface area contributed by atoms with Crippen molar-refractivity contribution >= 4 is 6.09 Å². The molecule has 3 N–H and O–H groups in total. The maximum absolute atomic E-state index is 11.0. The molecule has 1 amide bonds. The molecule has 1 aliphatic rings. The van der Waals surface area contributed by atoms with Gasteiger partial charge in [-0.15, -0.1) is 13.2 Å². The molecule has 7 heteroatoms. The van der Waals surface area contributed by atoms with E-state index in [9.17, 15) is 4.79 Å². The molecule has 0 aromatic rings. The second-order valence-corrected chi connectivity index (χ2v) is 10.1. The summed E-state index contributed by atoms with van der Waals surface area (Å²) in [7, 11) is 0. The SMILES string of the molecule is C=CCOCC(CC)(COCC=C)COCNC1CC(C)(C)CC(C)(CNC(=O)O)C1. The van der Waals surface area contributed by atoms with Gasteiger partial charge in [0.15, 0.2) is 0 Å². The van der Waals surface area contributed by atoms with Crippen molar-refractivity contribution in [3.63, 3.8) is 0 Å². The third-order valence-electron chi connectivity index (χ3n) is 6.03. The van der Waals surface area contributed by atoms with E-state index >= 15 is 0 Å². The molecular weight excluding hydrogens is 396 g/mol. The fraction of sp³-hybridized carbons (Fsp3) is 0.792. The molecule has 2 atom stereocenters. The molecule has 180 valence electrons. The van der Waals surface area contributed by atoms with E-state index in [0.29, 0.717) is 46.3 Å². The number of nitrogens with one attached hydrogen (secondary N) is 2. The van der Waals surface area contributed by atoms with Crippen molar-refractivity contribution < 1.29 is 24.1 Å². The minimum atomic E-state index is -0.967. The molecule has 0 aliphatic heterocycles. The molecule has 0 saturated heterocycles. The van der Waals surface area contributed by atoms with Crippen LogP contribution in [0, 0.1) is 16.2 Å². The van der Waals surface area contributed by atoms with Gasteiger partial charge in [0, 0.05) is 18.0 Å². The summed E-state index contributed by atoms with van der Waals surface area (Å²) in [6.45, 7) is 19.7. The van der Waals surface area contributed by atoms with E-state index in [1.165, 1.54) is 0 Å². The first kappa shape index (κ1) is 27.6. The zero-order valence-corrected chi connectivity index (χ0v) is 20.0. The van der Waals surface area contributed by atoms with Crippen molar-refractivity contribution in [1.29, 1.82) is 0 Å². The van der Waals surface area contributed by atoms with Crippen molar-refractivity contribution in [3.8, 4) is 0 Å². The highest BCUT2D eigenvalue weighted by molar-refractivity contribution is 5.64. The van der Waals surface area contributed by atoms with Crippen molar-refractivity contribution in [2.75, 3.05) is 46.3 Å². The molecule has 7 nitrogen and oxygen atoms in total. The maximum Gasteiger partial charge on any atom is 0.404 e. The summed E-state index contributed by atoms with van der Waals surface area (Å²) in [5, 5.41) is 15.1. The molecule has 0 aromatic heterocycles. The van der Waals surface area contributed by atoms with Gasteiger partial charge in [0.2, 0.25) is 0 Å². The Kier molecular flexibility index (Phi) is 11.8. The summed E-state index contributed by atoms with van der Waals surface area (Å²) >= 11 is 0. The lowest BCUT2D eigenvalue weighted by Crippen LogP contribution is -2.49. The lowest BCUT2D eigenvalue weighted by Gasteiger charge is -2.47. The summed E-state index contributed by atoms with van der Waals surface area (Å²) < 4.78 is 17.5. The molecule has 1 rings (SSSR count). The highest BCUT2D eigenvalue weighted by Crippen LogP contribution is 2.45. The molecule has 1 saturated carbocycles. The zero-order valence-electron chi connectivity index (χ0n) is 20.0. The van der Waals surface area contributed by atoms with Crippen molar-refractivity contribution in [1.82, 2.24) is 10.6 Å². The Hall–Kier alpha value is -1.41. The average molecular weight is 441 g/mol. The largest absolute Gasteiger partial charge is 0.465 e. The van der Waals surface area contributed by atoms with Gasteiger partial charge in [0.25, 0.3) is 0 Å². The van der Waals surface area contributed by atoms with Gasteiger partial charge < -0.3 is 24.6 Å². The highest BCUT2D eigenvalue weighted by atomic mass is 16.5. The molecule has 1 fully saturated rings. The van der Waals surface area contributed by atoms with Crippen LogP contribution in [0.1, 0.15) is 53.4 Å². The minimum absolute atomic E-state index is 0.0813. The monoisotopic (exact) mass is 440 g/mol. The van der Waals surface area contributed by atoms with Crippen LogP contribution in [0.25, 0.3) is 0 Å². The number of carbonyl (C=O) groups is 1. The van der Waals surface area contributed by atoms with E-state index in [-0.39, 0.29) is 22.3 Å². The Morgan fingerprint density at radius 2 is 1.68 bits per heavy atom. The quantitative estimate of drug-likeness (QED) is 0.189. The van der Waals surface area contributed by atoms with Crippen molar-refractivity contribution in [2.45, 2.75) is 59.4 Å². The van der Waals surface area contributed by atoms with Gasteiger partial charge in [-0.3, -0.25) is 5.32 Å². The van der Waals surface area contributed by atoms with E-state index in [4.69, 9.17) is 19.3 Å². The normalized spacial score (nSPS) is 23.3. The highest BCUT2D eigenvalue weighted by Gasteiger charge is 2.41. The Bertz CT molecular complexity index is 552. The summed E-state index contributed by atoms with van der Waals surface area (Å²) in [5.41, 5.74) is -0.170. The summed E-state index contributed by atoms with van der Waals surface area (Å²) in [4.78, 5) is 11.0. The third kappa shape index (κ3) is 10.6. The Labute approximate surface area is 188 Å². The number of rotatable bonds is 16. The van der Waals surface area contributed by atoms with Crippen LogP contribution in [-0.2, 0) is 14.2 Å². The Morgan fingerprint density at radius 3 is 2.19 bits per heavy atom. The number of ether oxygens (including phenoxy) is 3. The van der Waals surface area contributed by atoms with Crippen LogP contribution < -0.4 is 10.6 Å². The fourth-order valence-electron chi connectivity index (χ4n) is 4.79. The molecular formula is C24H44N2O5. The van der Waals surface area contributed by atoms with Gasteiger partial charge in [-0.1, -0.05) is 39.8 Å². The maximum atomic E-state index is 11.0. The van der Waals surface area contributed by atoms with E-state index in [2.05, 4.69) is 51.5 Å². The molecule has 0 heterocycles. The van der Waals surface area contributed by atoms with Gasteiger partial charge in [-0.2, -0.15) is 0 Å². The molecule has 1 aliphatic carbocycles. The van der Waals surface area contributed by atoms with E-state index < -0.39 is 6.09 Å². The smallest absolute Gasteiger partial charge is 0.404 e. The molecule has 0 aromatic carbocycles. The number of hydrogen-bond donors (Lipinski definition) is 3. The minimum Gasteiger partial charge on any atom is -0.465 e. The number of carboxylic acid groups (broad SMARTS) is 1. The lowest BCUT2D eigenvalue weighted by atomic mass is 9.62. The van der Waals surface area contributed by atoms with Crippen LogP contribution >= 0.6 is 0 Å². The van der Waals surface area contributed by atoms with Gasteiger partial charge >= 0.3 is 6.09 Å². The van der Waals surface area contributed by atoms with E-state index in [1.54, 1.807) is 12.2 Å². The first-order chi connectivity index (χ1) is 14.6. The number of hydrogen-bond acceptors (Lipinski definition) is 5. The zero-order chi connectivity index (χ0) is 23.4. The first-order valence-corrected chi connectivity index (χ1v) is 11.2. The second kappa shape index (κ2) is 13.2. The Morgan fingerprint density at radius 1 is 1.10 bits per heavy atom. The van der Waals surface area contributed by atoms with Gasteiger partial charge in [0.05, 0.1) is 39.8 Å². The summed E-state index contributed by atoms with van der Waals surface area (Å²) in [6, 6.07) is 0.273. The standard InChI is InChI=1S/C24H44N2O5/c1-7-10-29-16-24(9-3,17-30-11-8-2)18-31-19-26-20-12-22(4,5)14-23(6,13-20)15-25-21(27)28/h7-8,20,25-26H,1-2,9-19H2,3-6H3,(H,27,28). The third-order valence-corrected chi connectivity index (χ3v) is 6.03. The van der Waals surface area contributed by atoms with Crippen LogP contribution in [0.4, 0.5) is 4.79 Å². The van der Waals surface area contributed by atoms with Crippen LogP contribution in [0.15, 0.2) is 25.3 Å². The number of amides is 1. The Balaban J connectivity index is 2.61. The van der Waals surface area contributed by atoms with Crippen molar-refractivity contribution in [2.24, 2.45) is 16.2 Å². The van der Waals surface area contributed by atoms with Crippen LogP contribution in [0.2, 0.25) is 0 Å². The summed E-state index contributed by atoms with van der Waals surface area (Å²) in [5.74, 6) is 0. The van der Waals surface area contributed by atoms with Crippen LogP contribution in [0.3, 0.4) is 0 Å². The summed E-state index contributed by atoms with van der Waals surface area (Å²) in [6.07, 6.45) is 6.32. The van der Waals surface area contributed by atoms with Gasteiger partial charge in [-0.25, -0.2) is 4.79 Å². The molecule has 0 radical (unpaired) electrons. The first-order valence-electron chi connectivity index (χ1n) is 11.2. The molecule has 0 spiro atoms. The molecule has 0 bridgehead atoms. The lowest BCUT2D eigenvalue weighted by molar-refractivity contribution is -0.0693. The van der Waals surface area contributed by atoms with Gasteiger partial charge in [0.1, 0.15) is 0 Å². The van der Waals surface area contributed by atoms with Crippen molar-refractivity contribution in [3.05, 3.63) is 25.3 Å². The average Bonchev–Trinajstić information content (AvgIpc) is 2.68. The predicted octanol–water partition coefficient (Wildman–Crippen LogP) is 4.20. The fourth-order valence-corrected chi connectivity index (χ4v) is 4.79. The topological polar surface area (TPSA) is 89.0 Å². The van der Waals surface area contributed by atoms with Crippen LogP contribution in [0.5, 0.6) is 0 Å².